The van der Waals surface area contributed by atoms with E-state index in [4.69, 9.17) is 16.3 Å². The summed E-state index contributed by atoms with van der Waals surface area (Å²) in [7, 11) is 0. The Balaban J connectivity index is 1.85. The van der Waals surface area contributed by atoms with Crippen LogP contribution < -0.4 is 10.9 Å². The molecule has 32 heavy (non-hydrogen) atoms. The number of rotatable bonds is 9. The Hall–Kier alpha value is -2.35. The zero-order valence-electron chi connectivity index (χ0n) is 18.7. The molecule has 0 saturated heterocycles. The van der Waals surface area contributed by atoms with Crippen molar-refractivity contribution in [1.29, 1.82) is 0 Å². The average molecular weight is 474 g/mol. The van der Waals surface area contributed by atoms with Crippen LogP contribution in [0.5, 0.6) is 0 Å². The number of nitrogens with one attached hydrogen (secondary N) is 1. The van der Waals surface area contributed by atoms with Gasteiger partial charge in [0.25, 0.3) is 5.56 Å². The Morgan fingerprint density at radius 2 is 2.00 bits per heavy atom. The molecule has 0 fully saturated rings. The summed E-state index contributed by atoms with van der Waals surface area (Å²) in [5.74, 6) is -0.157. The number of aromatic nitrogens is 2. The summed E-state index contributed by atoms with van der Waals surface area (Å²) in [6.45, 7) is 8.71. The van der Waals surface area contributed by atoms with E-state index in [0.717, 1.165) is 11.3 Å². The number of nitrogens with zero attached hydrogens (tertiary/aromatic N) is 2. The monoisotopic (exact) mass is 473 g/mol. The van der Waals surface area contributed by atoms with Crippen LogP contribution in [0.3, 0.4) is 0 Å². The minimum atomic E-state index is -0.461. The maximum absolute atomic E-state index is 13.2. The van der Waals surface area contributed by atoms with Gasteiger partial charge in [0.1, 0.15) is 0 Å². The van der Waals surface area contributed by atoms with Crippen molar-refractivity contribution in [1.82, 2.24) is 9.55 Å². The number of carbonyl (C=O) groups excluding carboxylic acids is 1. The third-order valence-electron chi connectivity index (χ3n) is 4.80. The topological polar surface area (TPSA) is 73.2 Å². The Kier molecular flexibility index (Phi) is 8.34. The summed E-state index contributed by atoms with van der Waals surface area (Å²) in [6, 6.07) is 12.7. The van der Waals surface area contributed by atoms with Crippen molar-refractivity contribution >= 4 is 45.9 Å². The van der Waals surface area contributed by atoms with Crippen molar-refractivity contribution in [2.24, 2.45) is 0 Å². The standard InChI is InChI=1S/C24H28ClN3O3S/c1-15(2)31-12-6-11-28-23(30)20-10-9-18(25)14-21(20)27-24(28)32-17(4)22(29)26-19-8-5-7-16(3)13-19/h5,7-10,13-15,17H,6,11-12H2,1-4H3,(H,26,29). The number of thioether (sulfide) groups is 1. The van der Waals surface area contributed by atoms with E-state index in [-0.39, 0.29) is 17.6 Å². The molecule has 2 aromatic carbocycles. The van der Waals surface area contributed by atoms with Crippen LogP contribution >= 0.6 is 23.4 Å². The number of benzene rings is 2. The fraction of sp³-hybridized carbons (Fsp3) is 0.375. The van der Waals surface area contributed by atoms with Crippen molar-refractivity contribution in [3.63, 3.8) is 0 Å². The van der Waals surface area contributed by atoms with Crippen LogP contribution in [-0.4, -0.2) is 33.4 Å². The first kappa shape index (κ1) is 24.3. The number of hydrogen-bond acceptors (Lipinski definition) is 5. The van der Waals surface area contributed by atoms with E-state index in [2.05, 4.69) is 10.3 Å². The average Bonchev–Trinajstić information content (AvgIpc) is 2.72. The van der Waals surface area contributed by atoms with Gasteiger partial charge in [0.15, 0.2) is 5.16 Å². The molecule has 8 heteroatoms. The van der Waals surface area contributed by atoms with E-state index in [1.807, 2.05) is 45.0 Å². The van der Waals surface area contributed by atoms with Crippen LogP contribution in [0.4, 0.5) is 5.69 Å². The van der Waals surface area contributed by atoms with Gasteiger partial charge in [-0.25, -0.2) is 4.98 Å². The van der Waals surface area contributed by atoms with Crippen LogP contribution in [0.25, 0.3) is 10.9 Å². The Labute approximate surface area is 197 Å². The van der Waals surface area contributed by atoms with E-state index < -0.39 is 5.25 Å². The second-order valence-corrected chi connectivity index (χ2v) is 9.65. The fourth-order valence-corrected chi connectivity index (χ4v) is 4.28. The van der Waals surface area contributed by atoms with Gasteiger partial charge in [0, 0.05) is 23.9 Å². The van der Waals surface area contributed by atoms with Gasteiger partial charge in [-0.1, -0.05) is 35.5 Å². The van der Waals surface area contributed by atoms with Crippen molar-refractivity contribution in [2.75, 3.05) is 11.9 Å². The SMILES string of the molecule is Cc1cccc(NC(=O)C(C)Sc2nc3cc(Cl)ccc3c(=O)n2CCCOC(C)C)c1. The number of amides is 1. The van der Waals surface area contributed by atoms with E-state index >= 15 is 0 Å². The first-order chi connectivity index (χ1) is 15.2. The fourth-order valence-electron chi connectivity index (χ4n) is 3.18. The van der Waals surface area contributed by atoms with E-state index in [9.17, 15) is 9.59 Å². The lowest BCUT2D eigenvalue weighted by Crippen LogP contribution is -2.27. The largest absolute Gasteiger partial charge is 0.379 e. The van der Waals surface area contributed by atoms with Crippen LogP contribution in [-0.2, 0) is 16.1 Å². The number of carbonyl (C=O) groups is 1. The van der Waals surface area contributed by atoms with Gasteiger partial charge in [0.05, 0.1) is 22.3 Å². The molecular weight excluding hydrogens is 446 g/mol. The normalized spacial score (nSPS) is 12.3. The zero-order chi connectivity index (χ0) is 23.3. The molecule has 1 atom stereocenters. The molecule has 1 heterocycles. The number of halogens is 1. The third-order valence-corrected chi connectivity index (χ3v) is 6.12. The minimum absolute atomic E-state index is 0.128. The highest BCUT2D eigenvalue weighted by molar-refractivity contribution is 8.00. The first-order valence-electron chi connectivity index (χ1n) is 10.6. The van der Waals surface area contributed by atoms with Gasteiger partial charge in [0.2, 0.25) is 5.91 Å². The molecule has 1 unspecified atom stereocenters. The molecule has 1 N–H and O–H groups in total. The van der Waals surface area contributed by atoms with E-state index in [1.54, 1.807) is 29.7 Å². The molecular formula is C24H28ClN3O3S. The molecule has 0 spiro atoms. The third kappa shape index (κ3) is 6.34. The highest BCUT2D eigenvalue weighted by atomic mass is 35.5. The smallest absolute Gasteiger partial charge is 0.262 e. The summed E-state index contributed by atoms with van der Waals surface area (Å²) in [6.07, 6.45) is 0.791. The number of fused-ring (bicyclic) bond motifs is 1. The molecule has 0 aliphatic heterocycles. The predicted molar refractivity (Wildman–Crippen MR) is 132 cm³/mol. The second kappa shape index (κ2) is 11.0. The van der Waals surface area contributed by atoms with Gasteiger partial charge in [-0.2, -0.15) is 0 Å². The quantitative estimate of drug-likeness (QED) is 0.259. The maximum atomic E-state index is 13.2. The van der Waals surface area contributed by atoms with Gasteiger partial charge in [-0.3, -0.25) is 14.2 Å². The molecule has 1 aromatic heterocycles. The number of ether oxygens (including phenoxy) is 1. The summed E-state index contributed by atoms with van der Waals surface area (Å²) in [4.78, 5) is 30.7. The molecule has 170 valence electrons. The molecule has 0 bridgehead atoms. The van der Waals surface area contributed by atoms with Gasteiger partial charge in [-0.15, -0.1) is 0 Å². The zero-order valence-corrected chi connectivity index (χ0v) is 20.3. The lowest BCUT2D eigenvalue weighted by atomic mass is 10.2. The summed E-state index contributed by atoms with van der Waals surface area (Å²) < 4.78 is 7.24. The lowest BCUT2D eigenvalue weighted by molar-refractivity contribution is -0.115. The van der Waals surface area contributed by atoms with Crippen molar-refractivity contribution in [2.45, 2.75) is 57.2 Å². The molecule has 1 amide bonds. The predicted octanol–water partition coefficient (Wildman–Crippen LogP) is 5.29. The van der Waals surface area contributed by atoms with Gasteiger partial charge >= 0.3 is 0 Å². The Morgan fingerprint density at radius 3 is 2.72 bits per heavy atom. The molecule has 6 nitrogen and oxygen atoms in total. The minimum Gasteiger partial charge on any atom is -0.379 e. The first-order valence-corrected chi connectivity index (χ1v) is 11.9. The molecule has 0 aliphatic carbocycles. The lowest BCUT2D eigenvalue weighted by Gasteiger charge is -2.17. The molecule has 0 aliphatic rings. The van der Waals surface area contributed by atoms with Crippen molar-refractivity contribution in [3.8, 4) is 0 Å². The van der Waals surface area contributed by atoms with Crippen LogP contribution in [0.1, 0.15) is 32.8 Å². The molecule has 0 radical (unpaired) electrons. The molecule has 3 rings (SSSR count). The summed E-state index contributed by atoms with van der Waals surface area (Å²) >= 11 is 7.37. The highest BCUT2D eigenvalue weighted by Crippen LogP contribution is 2.25. The highest BCUT2D eigenvalue weighted by Gasteiger charge is 2.20. The van der Waals surface area contributed by atoms with Crippen LogP contribution in [0.15, 0.2) is 52.4 Å². The van der Waals surface area contributed by atoms with E-state index in [1.165, 1.54) is 11.8 Å². The molecule has 3 aromatic rings. The van der Waals surface area contributed by atoms with Gasteiger partial charge in [-0.05, 0) is 70.0 Å². The van der Waals surface area contributed by atoms with Crippen LogP contribution in [0, 0.1) is 6.92 Å². The van der Waals surface area contributed by atoms with Crippen molar-refractivity contribution < 1.29 is 9.53 Å². The second-order valence-electron chi connectivity index (χ2n) is 7.90. The Bertz CT molecular complexity index is 1160. The maximum Gasteiger partial charge on any atom is 0.262 e. The number of hydrogen-bond donors (Lipinski definition) is 1. The molecule has 0 saturated carbocycles. The summed E-state index contributed by atoms with van der Waals surface area (Å²) in [5, 5.41) is 3.97. The summed E-state index contributed by atoms with van der Waals surface area (Å²) in [5.41, 5.74) is 2.17. The number of anilines is 1. The van der Waals surface area contributed by atoms with Gasteiger partial charge < -0.3 is 10.1 Å². The van der Waals surface area contributed by atoms with E-state index in [0.29, 0.717) is 40.7 Å². The number of aryl methyl sites for hydroxylation is 1. The van der Waals surface area contributed by atoms with Crippen LogP contribution in [0.2, 0.25) is 5.02 Å². The van der Waals surface area contributed by atoms with Crippen molar-refractivity contribution in [3.05, 3.63) is 63.4 Å². The Morgan fingerprint density at radius 1 is 1.22 bits per heavy atom.